The molecule has 2 N–H and O–H groups in total. The number of pyridine rings is 1. The van der Waals surface area contributed by atoms with Gasteiger partial charge < -0.3 is 5.73 Å². The number of Topliss-reactive ketones (excluding diaryl/α,β-unsaturated/α-hetero) is 1. The molecule has 1 aromatic rings. The summed E-state index contributed by atoms with van der Waals surface area (Å²) in [4.78, 5) is 16.1. The van der Waals surface area contributed by atoms with E-state index in [9.17, 15) is 4.79 Å². The molecule has 0 saturated carbocycles. The number of rotatable bonds is 5. The van der Waals surface area contributed by atoms with Crippen molar-refractivity contribution in [1.29, 1.82) is 0 Å². The predicted molar refractivity (Wildman–Crippen MR) is 60.4 cm³/mol. The summed E-state index contributed by atoms with van der Waals surface area (Å²) in [5.74, 6) is 0.172. The highest BCUT2D eigenvalue weighted by atomic mass is 16.1. The maximum atomic E-state index is 12.0. The van der Waals surface area contributed by atoms with E-state index in [0.717, 1.165) is 12.1 Å². The lowest BCUT2D eigenvalue weighted by atomic mass is 9.81. The van der Waals surface area contributed by atoms with E-state index in [4.69, 9.17) is 5.73 Å². The van der Waals surface area contributed by atoms with Crippen molar-refractivity contribution >= 4 is 5.78 Å². The number of carbonyl (C=O) groups excluding carboxylic acids is 1. The molecule has 0 aliphatic carbocycles. The SMILES string of the molecule is CCC(C)(CN)C(=O)Cc1ccccn1. The molecule has 82 valence electrons. The molecular weight excluding hydrogens is 188 g/mol. The minimum absolute atomic E-state index is 0.172. The van der Waals surface area contributed by atoms with E-state index in [1.54, 1.807) is 6.20 Å². The highest BCUT2D eigenvalue weighted by molar-refractivity contribution is 5.86. The van der Waals surface area contributed by atoms with Crippen molar-refractivity contribution in [2.24, 2.45) is 11.1 Å². The first-order valence-electron chi connectivity index (χ1n) is 5.25. The quantitative estimate of drug-likeness (QED) is 0.795. The molecule has 1 heterocycles. The fourth-order valence-electron chi connectivity index (χ4n) is 1.34. The van der Waals surface area contributed by atoms with Gasteiger partial charge in [-0.25, -0.2) is 0 Å². The summed E-state index contributed by atoms with van der Waals surface area (Å²) in [6, 6.07) is 5.60. The molecule has 1 aromatic heterocycles. The van der Waals surface area contributed by atoms with E-state index < -0.39 is 5.41 Å². The molecule has 0 fully saturated rings. The zero-order valence-corrected chi connectivity index (χ0v) is 9.36. The molecule has 0 spiro atoms. The number of nitrogens with zero attached hydrogens (tertiary/aromatic N) is 1. The molecule has 0 bridgehead atoms. The smallest absolute Gasteiger partial charge is 0.145 e. The average Bonchev–Trinajstić information content (AvgIpc) is 2.29. The third-order valence-corrected chi connectivity index (χ3v) is 2.97. The molecule has 3 heteroatoms. The van der Waals surface area contributed by atoms with Crippen molar-refractivity contribution in [3.8, 4) is 0 Å². The second-order valence-electron chi connectivity index (χ2n) is 4.04. The topological polar surface area (TPSA) is 56.0 Å². The Labute approximate surface area is 90.7 Å². The first-order valence-corrected chi connectivity index (χ1v) is 5.25. The summed E-state index contributed by atoms with van der Waals surface area (Å²) in [5, 5.41) is 0. The molecule has 0 amide bonds. The maximum Gasteiger partial charge on any atom is 0.145 e. The maximum absolute atomic E-state index is 12.0. The van der Waals surface area contributed by atoms with E-state index >= 15 is 0 Å². The second kappa shape index (κ2) is 5.03. The number of hydrogen-bond acceptors (Lipinski definition) is 3. The summed E-state index contributed by atoms with van der Waals surface area (Å²) in [7, 11) is 0. The molecule has 3 nitrogen and oxygen atoms in total. The fourth-order valence-corrected chi connectivity index (χ4v) is 1.34. The molecule has 1 unspecified atom stereocenters. The Kier molecular flexibility index (Phi) is 3.97. The third kappa shape index (κ3) is 2.86. The molecule has 0 aromatic carbocycles. The predicted octanol–water partition coefficient (Wildman–Crippen LogP) is 1.57. The molecule has 0 saturated heterocycles. The van der Waals surface area contributed by atoms with Crippen LogP contribution in [0.1, 0.15) is 26.0 Å². The lowest BCUT2D eigenvalue weighted by Gasteiger charge is -2.24. The van der Waals surface area contributed by atoms with E-state index in [-0.39, 0.29) is 5.78 Å². The number of ketones is 1. The fraction of sp³-hybridized carbons (Fsp3) is 0.500. The number of hydrogen-bond donors (Lipinski definition) is 1. The van der Waals surface area contributed by atoms with Gasteiger partial charge in [0, 0.05) is 30.3 Å². The lowest BCUT2D eigenvalue weighted by molar-refractivity contribution is -0.127. The number of carbonyl (C=O) groups is 1. The zero-order valence-electron chi connectivity index (χ0n) is 9.36. The average molecular weight is 206 g/mol. The van der Waals surface area contributed by atoms with Crippen LogP contribution < -0.4 is 5.73 Å². The van der Waals surface area contributed by atoms with E-state index in [1.165, 1.54) is 0 Å². The number of aromatic nitrogens is 1. The minimum Gasteiger partial charge on any atom is -0.329 e. The Morgan fingerprint density at radius 1 is 1.53 bits per heavy atom. The first-order chi connectivity index (χ1) is 7.12. The minimum atomic E-state index is -0.405. The first kappa shape index (κ1) is 11.9. The summed E-state index contributed by atoms with van der Waals surface area (Å²) in [6.07, 6.45) is 2.85. The summed E-state index contributed by atoms with van der Waals surface area (Å²) >= 11 is 0. The van der Waals surface area contributed by atoms with Crippen LogP contribution in [0, 0.1) is 5.41 Å². The van der Waals surface area contributed by atoms with Gasteiger partial charge in [-0.2, -0.15) is 0 Å². The molecular formula is C12H18N2O. The Hall–Kier alpha value is -1.22. The van der Waals surface area contributed by atoms with E-state index in [1.807, 2.05) is 32.0 Å². The monoisotopic (exact) mass is 206 g/mol. The molecule has 0 aliphatic heterocycles. The van der Waals surface area contributed by atoms with Crippen LogP contribution in [0.25, 0.3) is 0 Å². The summed E-state index contributed by atoms with van der Waals surface area (Å²) in [5.41, 5.74) is 6.04. The van der Waals surface area contributed by atoms with Gasteiger partial charge in [0.25, 0.3) is 0 Å². The van der Waals surface area contributed by atoms with Crippen LogP contribution >= 0.6 is 0 Å². The van der Waals surface area contributed by atoms with Gasteiger partial charge in [-0.3, -0.25) is 9.78 Å². The Morgan fingerprint density at radius 2 is 2.27 bits per heavy atom. The van der Waals surface area contributed by atoms with Crippen LogP contribution in [0.15, 0.2) is 24.4 Å². The van der Waals surface area contributed by atoms with E-state index in [0.29, 0.717) is 13.0 Å². The molecule has 0 aliphatic rings. The third-order valence-electron chi connectivity index (χ3n) is 2.97. The van der Waals surface area contributed by atoms with Gasteiger partial charge >= 0.3 is 0 Å². The summed E-state index contributed by atoms with van der Waals surface area (Å²) < 4.78 is 0. The lowest BCUT2D eigenvalue weighted by Crippen LogP contribution is -2.36. The van der Waals surface area contributed by atoms with Crippen molar-refractivity contribution in [3.05, 3.63) is 30.1 Å². The van der Waals surface area contributed by atoms with Gasteiger partial charge in [0.05, 0.1) is 0 Å². The normalized spacial score (nSPS) is 14.6. The standard InChI is InChI=1S/C12H18N2O/c1-3-12(2,9-13)11(15)8-10-6-4-5-7-14-10/h4-7H,3,8-9,13H2,1-2H3. The number of nitrogens with two attached hydrogens (primary N) is 1. The highest BCUT2D eigenvalue weighted by Gasteiger charge is 2.29. The van der Waals surface area contributed by atoms with Gasteiger partial charge in [0.1, 0.15) is 5.78 Å². The molecule has 15 heavy (non-hydrogen) atoms. The van der Waals surface area contributed by atoms with Crippen LogP contribution in [-0.4, -0.2) is 17.3 Å². The largest absolute Gasteiger partial charge is 0.329 e. The van der Waals surface area contributed by atoms with Gasteiger partial charge in [0.2, 0.25) is 0 Å². The second-order valence-corrected chi connectivity index (χ2v) is 4.04. The van der Waals surface area contributed by atoms with Crippen LogP contribution in [0.5, 0.6) is 0 Å². The van der Waals surface area contributed by atoms with Crippen LogP contribution in [-0.2, 0) is 11.2 Å². The molecule has 1 rings (SSSR count). The van der Waals surface area contributed by atoms with Crippen molar-refractivity contribution in [2.45, 2.75) is 26.7 Å². The van der Waals surface area contributed by atoms with Gasteiger partial charge in [-0.1, -0.05) is 19.9 Å². The van der Waals surface area contributed by atoms with Crippen LogP contribution in [0.3, 0.4) is 0 Å². The van der Waals surface area contributed by atoms with Crippen LogP contribution in [0.4, 0.5) is 0 Å². The van der Waals surface area contributed by atoms with Crippen molar-refractivity contribution in [3.63, 3.8) is 0 Å². The van der Waals surface area contributed by atoms with Crippen molar-refractivity contribution in [2.75, 3.05) is 6.54 Å². The molecule has 0 radical (unpaired) electrons. The van der Waals surface area contributed by atoms with Crippen LogP contribution in [0.2, 0.25) is 0 Å². The van der Waals surface area contributed by atoms with Gasteiger partial charge in [-0.05, 0) is 18.6 Å². The Bertz CT molecular complexity index is 318. The molecule has 1 atom stereocenters. The van der Waals surface area contributed by atoms with Gasteiger partial charge in [-0.15, -0.1) is 0 Å². The Morgan fingerprint density at radius 3 is 2.73 bits per heavy atom. The summed E-state index contributed by atoms with van der Waals surface area (Å²) in [6.45, 7) is 4.30. The Balaban J connectivity index is 2.71. The van der Waals surface area contributed by atoms with Gasteiger partial charge in [0.15, 0.2) is 0 Å². The highest BCUT2D eigenvalue weighted by Crippen LogP contribution is 2.22. The van der Waals surface area contributed by atoms with E-state index in [2.05, 4.69) is 4.98 Å². The van der Waals surface area contributed by atoms with Crippen molar-refractivity contribution in [1.82, 2.24) is 4.98 Å². The van der Waals surface area contributed by atoms with Crippen molar-refractivity contribution < 1.29 is 4.79 Å². The zero-order chi connectivity index (χ0) is 11.3.